The molecule has 0 bridgehead atoms. The molecule has 1 amide bonds. The van der Waals surface area contributed by atoms with Crippen LogP contribution in [0.2, 0.25) is 0 Å². The first-order chi connectivity index (χ1) is 17.2. The lowest BCUT2D eigenvalue weighted by molar-refractivity contribution is -0.384. The van der Waals surface area contributed by atoms with E-state index in [-0.39, 0.29) is 30.2 Å². The molecule has 0 saturated heterocycles. The number of carbonyl (C=O) groups excluding carboxylic acids is 2. The largest absolute Gasteiger partial charge is 0.504 e. The van der Waals surface area contributed by atoms with Crippen molar-refractivity contribution in [1.29, 1.82) is 0 Å². The number of nitro benzene ring substituents is 1. The Hall–Kier alpha value is -4.67. The maximum atomic E-state index is 12.7. The van der Waals surface area contributed by atoms with Crippen LogP contribution in [-0.4, -0.2) is 45.9 Å². The summed E-state index contributed by atoms with van der Waals surface area (Å²) in [6.45, 7) is 5.57. The molecule has 1 heterocycles. The van der Waals surface area contributed by atoms with Crippen molar-refractivity contribution in [3.63, 3.8) is 0 Å². The van der Waals surface area contributed by atoms with Crippen LogP contribution in [0.5, 0.6) is 11.5 Å². The molecule has 0 aliphatic carbocycles. The minimum atomic E-state index is -0.534. The van der Waals surface area contributed by atoms with E-state index in [1.807, 2.05) is 0 Å². The van der Waals surface area contributed by atoms with Gasteiger partial charge in [-0.3, -0.25) is 14.9 Å². The van der Waals surface area contributed by atoms with Crippen molar-refractivity contribution in [3.05, 3.63) is 75.5 Å². The number of esters is 1. The molecule has 0 saturated carbocycles. The predicted molar refractivity (Wildman–Crippen MR) is 132 cm³/mol. The number of hydrazone groups is 1. The first-order valence-corrected chi connectivity index (χ1v) is 11.1. The number of ether oxygens (including phenoxy) is 2. The summed E-state index contributed by atoms with van der Waals surface area (Å²) in [4.78, 5) is 35.6. The third-order valence-electron chi connectivity index (χ3n) is 5.22. The molecular weight excluding hydrogens is 468 g/mol. The highest BCUT2D eigenvalue weighted by Gasteiger charge is 2.21. The number of amides is 1. The quantitative estimate of drug-likeness (QED) is 0.189. The van der Waals surface area contributed by atoms with Gasteiger partial charge in [-0.2, -0.15) is 5.10 Å². The van der Waals surface area contributed by atoms with E-state index in [9.17, 15) is 24.8 Å². The normalized spacial score (nSPS) is 10.9. The minimum absolute atomic E-state index is 0.00250. The van der Waals surface area contributed by atoms with Crippen LogP contribution in [0, 0.1) is 17.0 Å². The lowest BCUT2D eigenvalue weighted by Crippen LogP contribution is -2.24. The van der Waals surface area contributed by atoms with Gasteiger partial charge in [0.05, 0.1) is 29.9 Å². The zero-order valence-corrected chi connectivity index (χ0v) is 20.1. The van der Waals surface area contributed by atoms with Gasteiger partial charge in [-0.1, -0.05) is 0 Å². The zero-order chi connectivity index (χ0) is 26.2. The molecule has 0 fully saturated rings. The lowest BCUT2D eigenvalue weighted by atomic mass is 10.1. The topological polar surface area (TPSA) is 145 Å². The van der Waals surface area contributed by atoms with Gasteiger partial charge in [0, 0.05) is 23.5 Å². The molecule has 188 valence electrons. The number of phenolic OH excluding ortho intramolecular Hbond substituents is 1. The lowest BCUT2D eigenvalue weighted by Gasteiger charge is -2.11. The Kier molecular flexibility index (Phi) is 8.39. The van der Waals surface area contributed by atoms with Gasteiger partial charge in [-0.15, -0.1) is 0 Å². The number of aromatic nitrogens is 1. The van der Waals surface area contributed by atoms with Gasteiger partial charge < -0.3 is 19.1 Å². The van der Waals surface area contributed by atoms with Crippen LogP contribution in [0.25, 0.3) is 11.3 Å². The van der Waals surface area contributed by atoms with Gasteiger partial charge in [0.1, 0.15) is 6.54 Å². The number of nitrogens with zero attached hydrogens (tertiary/aromatic N) is 3. The number of rotatable bonds is 10. The number of carbonyl (C=O) groups is 2. The molecule has 3 aromatic rings. The molecule has 0 spiro atoms. The molecule has 1 aromatic heterocycles. The summed E-state index contributed by atoms with van der Waals surface area (Å²) in [6.07, 6.45) is 1.41. The second-order valence-corrected chi connectivity index (χ2v) is 7.59. The highest BCUT2D eigenvalue weighted by molar-refractivity contribution is 5.93. The number of aromatic hydroxyl groups is 1. The Labute approximate surface area is 207 Å². The Morgan fingerprint density at radius 1 is 1.14 bits per heavy atom. The van der Waals surface area contributed by atoms with Gasteiger partial charge in [0.15, 0.2) is 11.5 Å². The highest BCUT2D eigenvalue weighted by Crippen LogP contribution is 2.28. The average Bonchev–Trinajstić information content (AvgIpc) is 3.17. The van der Waals surface area contributed by atoms with Crippen molar-refractivity contribution in [2.24, 2.45) is 5.10 Å². The number of hydrogen-bond acceptors (Lipinski definition) is 8. The summed E-state index contributed by atoms with van der Waals surface area (Å²) in [5.41, 5.74) is 4.86. The van der Waals surface area contributed by atoms with Crippen LogP contribution in [-0.2, 0) is 16.1 Å². The molecule has 3 rings (SSSR count). The molecule has 0 aliphatic rings. The summed E-state index contributed by atoms with van der Waals surface area (Å²) in [6, 6.07) is 12.1. The Morgan fingerprint density at radius 3 is 2.50 bits per heavy atom. The van der Waals surface area contributed by atoms with Crippen LogP contribution in [0.15, 0.2) is 53.6 Å². The second kappa shape index (κ2) is 11.6. The van der Waals surface area contributed by atoms with Crippen LogP contribution in [0.3, 0.4) is 0 Å². The molecular formula is C25H26N4O7. The van der Waals surface area contributed by atoms with Crippen LogP contribution < -0.4 is 10.2 Å². The monoisotopic (exact) mass is 494 g/mol. The highest BCUT2D eigenvalue weighted by atomic mass is 16.6. The first kappa shape index (κ1) is 25.9. The number of benzene rings is 2. The number of nitrogens with one attached hydrogen (secondary N) is 1. The first-order valence-electron chi connectivity index (χ1n) is 11.1. The van der Waals surface area contributed by atoms with Gasteiger partial charge >= 0.3 is 5.97 Å². The van der Waals surface area contributed by atoms with Crippen LogP contribution in [0.1, 0.15) is 35.5 Å². The summed E-state index contributed by atoms with van der Waals surface area (Å²) >= 11 is 0. The summed E-state index contributed by atoms with van der Waals surface area (Å²) in [5.74, 6) is -0.702. The Bertz CT molecular complexity index is 1300. The number of nitro groups is 1. The van der Waals surface area contributed by atoms with Gasteiger partial charge in [-0.25, -0.2) is 10.2 Å². The molecule has 0 unspecified atom stereocenters. The molecule has 2 N–H and O–H groups in total. The van der Waals surface area contributed by atoms with Gasteiger partial charge in [0.25, 0.3) is 11.6 Å². The van der Waals surface area contributed by atoms with E-state index < -0.39 is 16.8 Å². The SMILES string of the molecule is CCOC(=O)c1cc(-c2ccc([N+](=O)[O-])cc2)n(CC(=O)N/N=C/c2ccc(O)c(OCC)c2)c1C. The van der Waals surface area contributed by atoms with Gasteiger partial charge in [-0.05, 0) is 68.3 Å². The van der Waals surface area contributed by atoms with Crippen molar-refractivity contribution in [3.8, 4) is 22.8 Å². The second-order valence-electron chi connectivity index (χ2n) is 7.59. The van der Waals surface area contributed by atoms with Gasteiger partial charge in [0.2, 0.25) is 0 Å². The third kappa shape index (κ3) is 6.06. The van der Waals surface area contributed by atoms with Crippen LogP contribution >= 0.6 is 0 Å². The van der Waals surface area contributed by atoms with E-state index in [0.717, 1.165) is 0 Å². The fraction of sp³-hybridized carbons (Fsp3) is 0.240. The summed E-state index contributed by atoms with van der Waals surface area (Å²) in [7, 11) is 0. The number of non-ortho nitro benzene ring substituents is 1. The van der Waals surface area contributed by atoms with E-state index in [1.165, 1.54) is 24.4 Å². The smallest absolute Gasteiger partial charge is 0.339 e. The van der Waals surface area contributed by atoms with Crippen molar-refractivity contribution in [2.75, 3.05) is 13.2 Å². The molecule has 0 radical (unpaired) electrons. The van der Waals surface area contributed by atoms with Crippen LogP contribution in [0.4, 0.5) is 5.69 Å². The maximum absolute atomic E-state index is 12.7. The van der Waals surface area contributed by atoms with Crippen molar-refractivity contribution in [2.45, 2.75) is 27.3 Å². The van der Waals surface area contributed by atoms with Crippen molar-refractivity contribution < 1.29 is 29.1 Å². The molecule has 11 nitrogen and oxygen atoms in total. The number of phenols is 1. The van der Waals surface area contributed by atoms with E-state index in [0.29, 0.717) is 34.9 Å². The summed E-state index contributed by atoms with van der Waals surface area (Å²) < 4.78 is 12.1. The molecule has 36 heavy (non-hydrogen) atoms. The van der Waals surface area contributed by atoms with E-state index in [1.54, 1.807) is 55.7 Å². The van der Waals surface area contributed by atoms with E-state index >= 15 is 0 Å². The fourth-order valence-electron chi connectivity index (χ4n) is 3.50. The average molecular weight is 495 g/mol. The van der Waals surface area contributed by atoms with Crippen molar-refractivity contribution in [1.82, 2.24) is 9.99 Å². The predicted octanol–water partition coefficient (Wildman–Crippen LogP) is 3.80. The standard InChI is InChI=1S/C25H26N4O7/c1-4-35-23-12-17(6-11-22(23)30)14-26-27-24(31)15-28-16(3)20(25(32)36-5-2)13-21(28)18-7-9-19(10-8-18)29(33)34/h6-14,30H,4-5,15H2,1-3H3,(H,27,31)/b26-14+. The van der Waals surface area contributed by atoms with E-state index in [4.69, 9.17) is 9.47 Å². The maximum Gasteiger partial charge on any atom is 0.339 e. The van der Waals surface area contributed by atoms with E-state index in [2.05, 4.69) is 10.5 Å². The summed E-state index contributed by atoms with van der Waals surface area (Å²) in [5, 5.41) is 24.8. The van der Waals surface area contributed by atoms with Crippen molar-refractivity contribution >= 4 is 23.8 Å². The molecule has 0 atom stereocenters. The Balaban J connectivity index is 1.84. The molecule has 0 aliphatic heterocycles. The Morgan fingerprint density at radius 2 is 1.86 bits per heavy atom. The molecule has 2 aromatic carbocycles. The number of hydrogen-bond donors (Lipinski definition) is 2. The zero-order valence-electron chi connectivity index (χ0n) is 20.1. The minimum Gasteiger partial charge on any atom is -0.504 e. The third-order valence-corrected chi connectivity index (χ3v) is 5.22. The fourth-order valence-corrected chi connectivity index (χ4v) is 3.50. The molecule has 11 heteroatoms.